The summed E-state index contributed by atoms with van der Waals surface area (Å²) in [6.45, 7) is 6.75. The lowest BCUT2D eigenvalue weighted by Gasteiger charge is -2.13. The van der Waals surface area contributed by atoms with Crippen LogP contribution in [0.4, 0.5) is 0 Å². The van der Waals surface area contributed by atoms with Crippen LogP contribution in [-0.2, 0) is 4.79 Å². The monoisotopic (exact) mass is 392 g/mol. The van der Waals surface area contributed by atoms with Gasteiger partial charge in [-0.3, -0.25) is 9.69 Å². The SMILES string of the molecule is CCN1C(=O)/C(=C/c2cc(C)n(-c3cccc4ccccc34)c2C)SC1=S. The van der Waals surface area contributed by atoms with Crippen molar-refractivity contribution >= 4 is 51.1 Å². The number of amides is 1. The van der Waals surface area contributed by atoms with Crippen molar-refractivity contribution in [1.82, 2.24) is 9.47 Å². The van der Waals surface area contributed by atoms with E-state index in [1.807, 2.05) is 13.0 Å². The Morgan fingerprint density at radius 1 is 1.11 bits per heavy atom. The van der Waals surface area contributed by atoms with Crippen LogP contribution in [0, 0.1) is 13.8 Å². The predicted molar refractivity (Wildman–Crippen MR) is 118 cm³/mol. The highest BCUT2D eigenvalue weighted by molar-refractivity contribution is 8.26. The van der Waals surface area contributed by atoms with Gasteiger partial charge in [0, 0.05) is 23.3 Å². The van der Waals surface area contributed by atoms with Crippen LogP contribution in [0.15, 0.2) is 53.4 Å². The molecule has 1 aliphatic heterocycles. The van der Waals surface area contributed by atoms with Crippen LogP contribution in [0.5, 0.6) is 0 Å². The van der Waals surface area contributed by atoms with Gasteiger partial charge in [-0.25, -0.2) is 0 Å². The first-order chi connectivity index (χ1) is 13.0. The van der Waals surface area contributed by atoms with Gasteiger partial charge in [-0.05, 0) is 49.9 Å². The number of hydrogen-bond acceptors (Lipinski definition) is 3. The fourth-order valence-electron chi connectivity index (χ4n) is 3.62. The number of nitrogens with zero attached hydrogens (tertiary/aromatic N) is 2. The molecule has 1 amide bonds. The average molecular weight is 393 g/mol. The maximum Gasteiger partial charge on any atom is 0.266 e. The molecule has 1 saturated heterocycles. The number of carbonyl (C=O) groups excluding carboxylic acids is 1. The second kappa shape index (κ2) is 6.98. The van der Waals surface area contributed by atoms with E-state index in [0.29, 0.717) is 15.8 Å². The summed E-state index contributed by atoms with van der Waals surface area (Å²) in [4.78, 5) is 14.9. The van der Waals surface area contributed by atoms with Gasteiger partial charge in [0.05, 0.1) is 10.6 Å². The van der Waals surface area contributed by atoms with Gasteiger partial charge in [0.25, 0.3) is 5.91 Å². The summed E-state index contributed by atoms with van der Waals surface area (Å²) in [7, 11) is 0. The average Bonchev–Trinajstić information content (AvgIpc) is 3.09. The Morgan fingerprint density at radius 3 is 2.59 bits per heavy atom. The Bertz CT molecular complexity index is 1110. The van der Waals surface area contributed by atoms with Crippen molar-refractivity contribution in [1.29, 1.82) is 0 Å². The number of aryl methyl sites for hydroxylation is 1. The fourth-order valence-corrected chi connectivity index (χ4v) is 5.00. The Hall–Kier alpha value is -2.37. The van der Waals surface area contributed by atoms with E-state index in [0.717, 1.165) is 22.6 Å². The molecule has 0 atom stereocenters. The number of benzene rings is 2. The summed E-state index contributed by atoms with van der Waals surface area (Å²) in [6, 6.07) is 16.9. The normalized spacial score (nSPS) is 16.1. The van der Waals surface area contributed by atoms with Crippen LogP contribution in [0.2, 0.25) is 0 Å². The van der Waals surface area contributed by atoms with E-state index in [-0.39, 0.29) is 5.91 Å². The third kappa shape index (κ3) is 3.01. The first-order valence-electron chi connectivity index (χ1n) is 8.93. The minimum Gasteiger partial charge on any atom is -0.317 e. The molecule has 4 rings (SSSR count). The Balaban J connectivity index is 1.83. The van der Waals surface area contributed by atoms with Crippen molar-refractivity contribution < 1.29 is 4.79 Å². The molecule has 0 aliphatic carbocycles. The number of thiocarbonyl (C=S) groups is 1. The lowest BCUT2D eigenvalue weighted by atomic mass is 10.1. The van der Waals surface area contributed by atoms with Crippen molar-refractivity contribution in [3.8, 4) is 5.69 Å². The summed E-state index contributed by atoms with van der Waals surface area (Å²) in [6.07, 6.45) is 1.97. The number of aromatic nitrogens is 1. The number of fused-ring (bicyclic) bond motifs is 1. The number of rotatable bonds is 3. The first-order valence-corrected chi connectivity index (χ1v) is 10.2. The topological polar surface area (TPSA) is 25.2 Å². The molecule has 136 valence electrons. The molecule has 1 fully saturated rings. The van der Waals surface area contributed by atoms with E-state index in [9.17, 15) is 4.79 Å². The molecule has 0 unspecified atom stereocenters. The third-order valence-electron chi connectivity index (χ3n) is 4.95. The maximum atomic E-state index is 12.5. The van der Waals surface area contributed by atoms with Crippen molar-refractivity contribution in [2.75, 3.05) is 6.54 Å². The van der Waals surface area contributed by atoms with Crippen LogP contribution < -0.4 is 0 Å². The lowest BCUT2D eigenvalue weighted by molar-refractivity contribution is -0.121. The van der Waals surface area contributed by atoms with E-state index < -0.39 is 0 Å². The van der Waals surface area contributed by atoms with Crippen LogP contribution in [0.1, 0.15) is 23.9 Å². The van der Waals surface area contributed by atoms with E-state index >= 15 is 0 Å². The second-order valence-corrected chi connectivity index (χ2v) is 8.26. The molecule has 5 heteroatoms. The Labute approximate surface area is 168 Å². The lowest BCUT2D eigenvalue weighted by Crippen LogP contribution is -2.27. The van der Waals surface area contributed by atoms with Gasteiger partial charge in [0.2, 0.25) is 0 Å². The van der Waals surface area contributed by atoms with Gasteiger partial charge in [-0.15, -0.1) is 0 Å². The van der Waals surface area contributed by atoms with Gasteiger partial charge in [-0.2, -0.15) is 0 Å². The third-order valence-corrected chi connectivity index (χ3v) is 6.33. The number of hydrogen-bond donors (Lipinski definition) is 0. The molecule has 2 heterocycles. The zero-order valence-corrected chi connectivity index (χ0v) is 17.2. The molecule has 1 aliphatic rings. The molecule has 0 bridgehead atoms. The minimum absolute atomic E-state index is 0.00228. The van der Waals surface area contributed by atoms with Crippen molar-refractivity contribution in [2.45, 2.75) is 20.8 Å². The van der Waals surface area contributed by atoms with E-state index in [1.165, 1.54) is 22.5 Å². The number of likely N-dealkylation sites (N-methyl/N-ethyl adjacent to an activating group) is 1. The summed E-state index contributed by atoms with van der Waals surface area (Å²) >= 11 is 6.71. The zero-order chi connectivity index (χ0) is 19.1. The standard InChI is InChI=1S/C22H20N2OS2/c1-4-23-21(25)20(27-22(23)26)13-17-12-14(2)24(15(17)3)19-11-7-9-16-8-5-6-10-18(16)19/h5-13H,4H2,1-3H3/b20-13-. The Morgan fingerprint density at radius 2 is 1.85 bits per heavy atom. The van der Waals surface area contributed by atoms with E-state index in [4.69, 9.17) is 12.2 Å². The molecule has 3 nitrogen and oxygen atoms in total. The van der Waals surface area contributed by atoms with Gasteiger partial charge >= 0.3 is 0 Å². The van der Waals surface area contributed by atoms with Crippen LogP contribution >= 0.6 is 24.0 Å². The molecular weight excluding hydrogens is 372 g/mol. The van der Waals surface area contributed by atoms with Gasteiger partial charge in [0.15, 0.2) is 0 Å². The molecule has 0 radical (unpaired) electrons. The first kappa shape index (κ1) is 18.0. The molecule has 27 heavy (non-hydrogen) atoms. The quantitative estimate of drug-likeness (QED) is 0.437. The maximum absolute atomic E-state index is 12.5. The van der Waals surface area contributed by atoms with E-state index in [2.05, 4.69) is 66.9 Å². The van der Waals surface area contributed by atoms with Gasteiger partial charge in [-0.1, -0.05) is 60.4 Å². The number of thioether (sulfide) groups is 1. The molecule has 0 spiro atoms. The highest BCUT2D eigenvalue weighted by Gasteiger charge is 2.31. The van der Waals surface area contributed by atoms with Gasteiger partial charge in [0.1, 0.15) is 4.32 Å². The summed E-state index contributed by atoms with van der Waals surface area (Å²) in [5.41, 5.74) is 4.47. The van der Waals surface area contributed by atoms with Crippen molar-refractivity contribution in [3.63, 3.8) is 0 Å². The molecule has 2 aromatic carbocycles. The predicted octanol–water partition coefficient (Wildman–Crippen LogP) is 5.47. The number of carbonyl (C=O) groups is 1. The highest BCUT2D eigenvalue weighted by atomic mass is 32.2. The van der Waals surface area contributed by atoms with E-state index in [1.54, 1.807) is 4.90 Å². The smallest absolute Gasteiger partial charge is 0.266 e. The largest absolute Gasteiger partial charge is 0.317 e. The molecule has 1 aromatic heterocycles. The highest BCUT2D eigenvalue weighted by Crippen LogP contribution is 2.34. The Kier molecular flexibility index (Phi) is 4.66. The van der Waals surface area contributed by atoms with Crippen molar-refractivity contribution in [2.24, 2.45) is 0 Å². The molecule has 0 saturated carbocycles. The van der Waals surface area contributed by atoms with Crippen LogP contribution in [-0.4, -0.2) is 26.2 Å². The molecule has 3 aromatic rings. The summed E-state index contributed by atoms with van der Waals surface area (Å²) < 4.78 is 2.89. The van der Waals surface area contributed by atoms with Crippen LogP contribution in [0.3, 0.4) is 0 Å². The second-order valence-electron chi connectivity index (χ2n) is 6.59. The van der Waals surface area contributed by atoms with Gasteiger partial charge < -0.3 is 4.57 Å². The van der Waals surface area contributed by atoms with Crippen LogP contribution in [0.25, 0.3) is 22.5 Å². The summed E-state index contributed by atoms with van der Waals surface area (Å²) in [5.74, 6) is 0.00228. The zero-order valence-electron chi connectivity index (χ0n) is 15.5. The molecule has 0 N–H and O–H groups in total. The molecular formula is C22H20N2OS2. The fraction of sp³-hybridized carbons (Fsp3) is 0.182. The van der Waals surface area contributed by atoms with Crippen molar-refractivity contribution in [3.05, 3.63) is 70.4 Å². The minimum atomic E-state index is 0.00228. The summed E-state index contributed by atoms with van der Waals surface area (Å²) in [5, 5.41) is 2.43.